The molecule has 1 N–H and O–H groups in total. The zero-order valence-corrected chi connectivity index (χ0v) is 12.2. The van der Waals surface area contributed by atoms with Crippen LogP contribution in [0.15, 0.2) is 84.9 Å². The summed E-state index contributed by atoms with van der Waals surface area (Å²) in [5, 5.41) is 12.1. The molecule has 0 atom stereocenters. The molecule has 0 aliphatic heterocycles. The van der Waals surface area contributed by atoms with E-state index >= 15 is 0 Å². The Hall–Kier alpha value is -2.09. The van der Waals surface area contributed by atoms with E-state index in [4.69, 9.17) is 11.6 Å². The van der Waals surface area contributed by atoms with Crippen molar-refractivity contribution in [1.82, 2.24) is 0 Å². The number of aliphatic hydroxyl groups is 1. The van der Waals surface area contributed by atoms with E-state index in [0.717, 1.165) is 11.1 Å². The van der Waals surface area contributed by atoms with Crippen LogP contribution in [-0.4, -0.2) is 5.11 Å². The largest absolute Gasteiger partial charge is 0.376 e. The van der Waals surface area contributed by atoms with Crippen LogP contribution in [0.1, 0.15) is 16.7 Å². The molecular formula is C19H15ClO. The molecule has 2 heteroatoms. The Kier molecular flexibility index (Phi) is 3.78. The van der Waals surface area contributed by atoms with Crippen LogP contribution in [-0.2, 0) is 5.60 Å². The van der Waals surface area contributed by atoms with Crippen molar-refractivity contribution in [2.75, 3.05) is 0 Å². The summed E-state index contributed by atoms with van der Waals surface area (Å²) < 4.78 is 0. The molecule has 0 bridgehead atoms. The number of hydrogen-bond donors (Lipinski definition) is 1. The van der Waals surface area contributed by atoms with Gasteiger partial charge in [0, 0.05) is 10.6 Å². The average Bonchev–Trinajstić information content (AvgIpc) is 2.56. The second-order valence-corrected chi connectivity index (χ2v) is 5.33. The van der Waals surface area contributed by atoms with Crippen molar-refractivity contribution >= 4 is 11.6 Å². The number of benzene rings is 3. The Morgan fingerprint density at radius 3 is 1.52 bits per heavy atom. The molecule has 0 heterocycles. The molecule has 0 aliphatic carbocycles. The van der Waals surface area contributed by atoms with Gasteiger partial charge in [-0.1, -0.05) is 90.5 Å². The molecule has 0 amide bonds. The van der Waals surface area contributed by atoms with Crippen LogP contribution in [0.5, 0.6) is 0 Å². The van der Waals surface area contributed by atoms with Crippen LogP contribution < -0.4 is 0 Å². The van der Waals surface area contributed by atoms with Gasteiger partial charge in [0.25, 0.3) is 0 Å². The minimum Gasteiger partial charge on any atom is -0.376 e. The monoisotopic (exact) mass is 294 g/mol. The minimum absolute atomic E-state index is 0.549. The van der Waals surface area contributed by atoms with E-state index in [-0.39, 0.29) is 0 Å². The maximum Gasteiger partial charge on any atom is 0.141 e. The van der Waals surface area contributed by atoms with Gasteiger partial charge in [0.15, 0.2) is 0 Å². The van der Waals surface area contributed by atoms with Crippen molar-refractivity contribution in [2.45, 2.75) is 5.60 Å². The molecule has 0 saturated carbocycles. The summed E-state index contributed by atoms with van der Waals surface area (Å²) in [5.41, 5.74) is 1.01. The second-order valence-electron chi connectivity index (χ2n) is 4.92. The third-order valence-electron chi connectivity index (χ3n) is 3.65. The molecule has 0 spiro atoms. The molecule has 0 aliphatic rings. The molecule has 3 rings (SSSR count). The maximum atomic E-state index is 11.5. The lowest BCUT2D eigenvalue weighted by Crippen LogP contribution is -2.29. The normalized spacial score (nSPS) is 11.3. The summed E-state index contributed by atoms with van der Waals surface area (Å²) in [6, 6.07) is 26.6. The Morgan fingerprint density at radius 1 is 0.619 bits per heavy atom. The molecule has 0 radical (unpaired) electrons. The molecule has 0 fully saturated rings. The molecule has 1 nitrogen and oxygen atoms in total. The Bertz CT molecular complexity index is 683. The van der Waals surface area contributed by atoms with Gasteiger partial charge in [0.2, 0.25) is 0 Å². The summed E-state index contributed by atoms with van der Waals surface area (Å²) in [6.07, 6.45) is 0. The SMILES string of the molecule is OC(c1ccccc1)(c1ccccc1)c1ccccc1Cl. The highest BCUT2D eigenvalue weighted by atomic mass is 35.5. The van der Waals surface area contributed by atoms with Crippen LogP contribution in [0, 0.1) is 0 Å². The fraction of sp³-hybridized carbons (Fsp3) is 0.0526. The Labute approximate surface area is 129 Å². The first-order valence-electron chi connectivity index (χ1n) is 6.81. The lowest BCUT2D eigenvalue weighted by Gasteiger charge is -2.30. The fourth-order valence-electron chi connectivity index (χ4n) is 2.59. The fourth-order valence-corrected chi connectivity index (χ4v) is 2.86. The first-order valence-corrected chi connectivity index (χ1v) is 7.19. The van der Waals surface area contributed by atoms with Gasteiger partial charge < -0.3 is 5.11 Å². The second kappa shape index (κ2) is 5.72. The van der Waals surface area contributed by atoms with Gasteiger partial charge in [-0.3, -0.25) is 0 Å². The lowest BCUT2D eigenvalue weighted by atomic mass is 9.80. The zero-order chi connectivity index (χ0) is 14.7. The highest BCUT2D eigenvalue weighted by molar-refractivity contribution is 6.31. The first kappa shape index (κ1) is 13.9. The van der Waals surface area contributed by atoms with Gasteiger partial charge in [0.1, 0.15) is 5.60 Å². The molecule has 0 aromatic heterocycles. The third kappa shape index (κ3) is 2.46. The van der Waals surface area contributed by atoms with Gasteiger partial charge in [-0.15, -0.1) is 0 Å². The highest BCUT2D eigenvalue weighted by Gasteiger charge is 2.35. The Balaban J connectivity index is 2.29. The summed E-state index contributed by atoms with van der Waals surface area (Å²) >= 11 is 6.35. The zero-order valence-electron chi connectivity index (χ0n) is 11.4. The van der Waals surface area contributed by atoms with E-state index in [1.165, 1.54) is 0 Å². The smallest absolute Gasteiger partial charge is 0.141 e. The van der Waals surface area contributed by atoms with Crippen molar-refractivity contribution < 1.29 is 5.11 Å². The van der Waals surface area contributed by atoms with E-state index in [2.05, 4.69) is 0 Å². The summed E-state index contributed by atoms with van der Waals surface area (Å²) in [6.45, 7) is 0. The van der Waals surface area contributed by atoms with E-state index in [0.29, 0.717) is 10.6 Å². The van der Waals surface area contributed by atoms with Gasteiger partial charge >= 0.3 is 0 Å². The van der Waals surface area contributed by atoms with Crippen LogP contribution in [0.2, 0.25) is 5.02 Å². The van der Waals surface area contributed by atoms with Crippen molar-refractivity contribution in [1.29, 1.82) is 0 Å². The minimum atomic E-state index is -1.26. The van der Waals surface area contributed by atoms with Gasteiger partial charge in [-0.2, -0.15) is 0 Å². The predicted molar refractivity (Wildman–Crippen MR) is 86.4 cm³/mol. The predicted octanol–water partition coefficient (Wildman–Crippen LogP) is 4.62. The molecule has 0 saturated heterocycles. The van der Waals surface area contributed by atoms with Crippen LogP contribution >= 0.6 is 11.6 Å². The van der Waals surface area contributed by atoms with Gasteiger partial charge in [0.05, 0.1) is 0 Å². The van der Waals surface area contributed by atoms with Crippen LogP contribution in [0.25, 0.3) is 0 Å². The number of rotatable bonds is 3. The number of hydrogen-bond acceptors (Lipinski definition) is 1. The summed E-state index contributed by atoms with van der Waals surface area (Å²) in [7, 11) is 0. The van der Waals surface area contributed by atoms with Gasteiger partial charge in [-0.25, -0.2) is 0 Å². The molecule has 21 heavy (non-hydrogen) atoms. The van der Waals surface area contributed by atoms with E-state index < -0.39 is 5.60 Å². The molecule has 0 unspecified atom stereocenters. The van der Waals surface area contributed by atoms with Crippen molar-refractivity contribution in [3.63, 3.8) is 0 Å². The molecule has 3 aromatic rings. The highest BCUT2D eigenvalue weighted by Crippen LogP contribution is 2.39. The van der Waals surface area contributed by atoms with Crippen molar-refractivity contribution in [2.24, 2.45) is 0 Å². The van der Waals surface area contributed by atoms with Crippen LogP contribution in [0.3, 0.4) is 0 Å². The van der Waals surface area contributed by atoms with E-state index in [1.54, 1.807) is 6.07 Å². The summed E-state index contributed by atoms with van der Waals surface area (Å²) in [4.78, 5) is 0. The van der Waals surface area contributed by atoms with Crippen molar-refractivity contribution in [3.8, 4) is 0 Å². The molecular weight excluding hydrogens is 280 g/mol. The Morgan fingerprint density at radius 2 is 1.05 bits per heavy atom. The summed E-state index contributed by atoms with van der Waals surface area (Å²) in [5.74, 6) is 0. The molecule has 104 valence electrons. The standard InChI is InChI=1S/C19H15ClO/c20-18-14-8-7-13-17(18)19(21,15-9-3-1-4-10-15)16-11-5-2-6-12-16/h1-14,21H. The van der Waals surface area contributed by atoms with Crippen molar-refractivity contribution in [3.05, 3.63) is 107 Å². The van der Waals surface area contributed by atoms with Gasteiger partial charge in [-0.05, 0) is 17.2 Å². The number of halogens is 1. The van der Waals surface area contributed by atoms with E-state index in [1.807, 2.05) is 78.9 Å². The maximum absolute atomic E-state index is 11.5. The quantitative estimate of drug-likeness (QED) is 0.699. The van der Waals surface area contributed by atoms with Crippen LogP contribution in [0.4, 0.5) is 0 Å². The molecule has 3 aromatic carbocycles. The topological polar surface area (TPSA) is 20.2 Å². The first-order chi connectivity index (χ1) is 10.2. The third-order valence-corrected chi connectivity index (χ3v) is 3.98. The average molecular weight is 295 g/mol. The lowest BCUT2D eigenvalue weighted by molar-refractivity contribution is 0.126. The van der Waals surface area contributed by atoms with E-state index in [9.17, 15) is 5.11 Å².